The second-order valence-electron chi connectivity index (χ2n) is 5.51. The van der Waals surface area contributed by atoms with E-state index in [4.69, 9.17) is 17.4 Å². The number of hydrazine groups is 1. The summed E-state index contributed by atoms with van der Waals surface area (Å²) in [6, 6.07) is 8.88. The first-order valence-corrected chi connectivity index (χ1v) is 7.31. The number of hydrogen-bond donors (Lipinski definition) is 2. The van der Waals surface area contributed by atoms with Gasteiger partial charge < -0.3 is 0 Å². The van der Waals surface area contributed by atoms with Gasteiger partial charge in [-0.05, 0) is 24.1 Å². The third-order valence-electron chi connectivity index (χ3n) is 4.37. The zero-order chi connectivity index (χ0) is 13.2. The van der Waals surface area contributed by atoms with Crippen LogP contribution in [-0.4, -0.2) is 54.6 Å². The highest BCUT2D eigenvalue weighted by molar-refractivity contribution is 6.30. The van der Waals surface area contributed by atoms with Crippen molar-refractivity contribution in [3.63, 3.8) is 0 Å². The molecule has 2 atom stereocenters. The van der Waals surface area contributed by atoms with E-state index < -0.39 is 0 Å². The van der Waals surface area contributed by atoms with Crippen molar-refractivity contribution in [2.45, 2.75) is 18.5 Å². The van der Waals surface area contributed by atoms with Crippen LogP contribution < -0.4 is 11.3 Å². The van der Waals surface area contributed by atoms with Gasteiger partial charge in [0.05, 0.1) is 0 Å². The van der Waals surface area contributed by atoms with Crippen molar-refractivity contribution < 1.29 is 0 Å². The lowest BCUT2D eigenvalue weighted by Gasteiger charge is -2.50. The monoisotopic (exact) mass is 280 g/mol. The van der Waals surface area contributed by atoms with Gasteiger partial charge in [-0.3, -0.25) is 21.1 Å². The second kappa shape index (κ2) is 5.77. The van der Waals surface area contributed by atoms with Gasteiger partial charge in [0, 0.05) is 49.8 Å². The zero-order valence-corrected chi connectivity index (χ0v) is 11.8. The van der Waals surface area contributed by atoms with Crippen molar-refractivity contribution in [1.29, 1.82) is 0 Å². The molecule has 0 spiro atoms. The lowest BCUT2D eigenvalue weighted by molar-refractivity contribution is -0.00314. The van der Waals surface area contributed by atoms with Gasteiger partial charge in [0.15, 0.2) is 0 Å². The Hall–Kier alpha value is -0.650. The molecule has 3 fully saturated rings. The molecule has 3 saturated heterocycles. The third-order valence-corrected chi connectivity index (χ3v) is 4.62. The Bertz CT molecular complexity index is 414. The maximum absolute atomic E-state index is 5.93. The lowest BCUT2D eigenvalue weighted by Crippen LogP contribution is -2.67. The normalized spacial score (nSPS) is 31.4. The van der Waals surface area contributed by atoms with Crippen molar-refractivity contribution in [3.8, 4) is 0 Å². The molecule has 1 aromatic carbocycles. The molecule has 0 radical (unpaired) electrons. The molecule has 3 aliphatic heterocycles. The van der Waals surface area contributed by atoms with Crippen molar-refractivity contribution in [1.82, 2.24) is 15.2 Å². The molecular weight excluding hydrogens is 260 g/mol. The van der Waals surface area contributed by atoms with Crippen LogP contribution in [0.15, 0.2) is 24.3 Å². The first-order valence-electron chi connectivity index (χ1n) is 6.93. The van der Waals surface area contributed by atoms with Crippen LogP contribution in [0, 0.1) is 0 Å². The summed E-state index contributed by atoms with van der Waals surface area (Å²) in [6.45, 7) is 5.87. The minimum absolute atomic E-state index is 0.296. The fourth-order valence-electron chi connectivity index (χ4n) is 3.22. The Morgan fingerprint density at radius 3 is 2.42 bits per heavy atom. The lowest BCUT2D eigenvalue weighted by atomic mass is 9.95. The smallest absolute Gasteiger partial charge is 0.0418 e. The molecule has 4 rings (SSSR count). The summed E-state index contributed by atoms with van der Waals surface area (Å²) in [5.74, 6) is 5.79. The highest BCUT2D eigenvalue weighted by Crippen LogP contribution is 2.20. The number of fused-ring (bicyclic) bond motifs is 3. The van der Waals surface area contributed by atoms with Crippen LogP contribution >= 0.6 is 11.6 Å². The van der Waals surface area contributed by atoms with Crippen LogP contribution in [0.1, 0.15) is 5.56 Å². The Morgan fingerprint density at radius 1 is 1.21 bits per heavy atom. The molecule has 0 saturated carbocycles. The fraction of sp³-hybridized carbons (Fsp3) is 0.571. The summed E-state index contributed by atoms with van der Waals surface area (Å²) in [4.78, 5) is 5.11. The van der Waals surface area contributed by atoms with Gasteiger partial charge in [-0.2, -0.15) is 0 Å². The number of nitrogens with two attached hydrogens (primary N) is 1. The molecule has 0 aromatic heterocycles. The predicted molar refractivity (Wildman–Crippen MR) is 78.1 cm³/mol. The number of rotatable bonds is 4. The summed E-state index contributed by atoms with van der Waals surface area (Å²) in [5.41, 5.74) is 4.30. The van der Waals surface area contributed by atoms with Crippen molar-refractivity contribution in [2.75, 3.05) is 32.7 Å². The van der Waals surface area contributed by atoms with E-state index in [1.165, 1.54) is 31.7 Å². The molecule has 104 valence electrons. The van der Waals surface area contributed by atoms with Gasteiger partial charge in [-0.25, -0.2) is 0 Å². The number of nitrogens with zero attached hydrogens (tertiary/aromatic N) is 2. The Morgan fingerprint density at radius 2 is 1.89 bits per heavy atom. The molecule has 2 unspecified atom stereocenters. The quantitative estimate of drug-likeness (QED) is 0.630. The average Bonchev–Trinajstić information content (AvgIpc) is 2.48. The van der Waals surface area contributed by atoms with Gasteiger partial charge >= 0.3 is 0 Å². The van der Waals surface area contributed by atoms with E-state index in [9.17, 15) is 0 Å². The third kappa shape index (κ3) is 2.93. The molecule has 3 N–H and O–H groups in total. The van der Waals surface area contributed by atoms with Crippen molar-refractivity contribution >= 4 is 11.6 Å². The van der Waals surface area contributed by atoms with Gasteiger partial charge in [-0.1, -0.05) is 23.7 Å². The maximum Gasteiger partial charge on any atom is 0.0418 e. The van der Waals surface area contributed by atoms with E-state index in [2.05, 4.69) is 27.4 Å². The van der Waals surface area contributed by atoms with Gasteiger partial charge in [0.1, 0.15) is 0 Å². The van der Waals surface area contributed by atoms with E-state index in [1.54, 1.807) is 0 Å². The minimum Gasteiger partial charge on any atom is -0.299 e. The van der Waals surface area contributed by atoms with Gasteiger partial charge in [0.25, 0.3) is 0 Å². The summed E-state index contributed by atoms with van der Waals surface area (Å²) in [5, 5.41) is 0.785. The average molecular weight is 281 g/mol. The van der Waals surface area contributed by atoms with Crippen LogP contribution in [0.2, 0.25) is 5.02 Å². The van der Waals surface area contributed by atoms with Gasteiger partial charge in [-0.15, -0.1) is 0 Å². The molecule has 2 bridgehead atoms. The first kappa shape index (κ1) is 13.3. The molecular formula is C14H21ClN4. The zero-order valence-electron chi connectivity index (χ0n) is 11.1. The number of nitrogens with one attached hydrogen (secondary N) is 1. The molecule has 4 nitrogen and oxygen atoms in total. The Kier molecular flexibility index (Phi) is 4.05. The topological polar surface area (TPSA) is 44.5 Å². The molecule has 1 aromatic rings. The van der Waals surface area contributed by atoms with Crippen LogP contribution in [0.25, 0.3) is 0 Å². The van der Waals surface area contributed by atoms with E-state index in [0.29, 0.717) is 12.1 Å². The van der Waals surface area contributed by atoms with E-state index in [-0.39, 0.29) is 0 Å². The summed E-state index contributed by atoms with van der Waals surface area (Å²) < 4.78 is 0. The number of hydrogen-bond acceptors (Lipinski definition) is 4. The Labute approximate surface area is 119 Å². The van der Waals surface area contributed by atoms with Crippen LogP contribution in [0.4, 0.5) is 0 Å². The summed E-state index contributed by atoms with van der Waals surface area (Å²) >= 11 is 5.93. The molecule has 3 heterocycles. The second-order valence-corrected chi connectivity index (χ2v) is 5.94. The SMILES string of the molecule is NNC(Cc1ccc(Cl)cc1)C1CN2CCN1CC2. The first-order chi connectivity index (χ1) is 9.26. The predicted octanol–water partition coefficient (Wildman–Crippen LogP) is 0.714. The molecule has 3 aliphatic rings. The van der Waals surface area contributed by atoms with Gasteiger partial charge in [0.2, 0.25) is 0 Å². The van der Waals surface area contributed by atoms with E-state index in [0.717, 1.165) is 18.0 Å². The summed E-state index contributed by atoms with van der Waals surface area (Å²) in [6.07, 6.45) is 0.947. The molecule has 0 aliphatic carbocycles. The number of piperazine rings is 3. The molecule has 0 amide bonds. The van der Waals surface area contributed by atoms with Crippen molar-refractivity contribution in [2.24, 2.45) is 5.84 Å². The summed E-state index contributed by atoms with van der Waals surface area (Å²) in [7, 11) is 0. The number of benzene rings is 1. The standard InChI is InChI=1S/C14H21ClN4/c15-12-3-1-11(2-4-12)9-13(17-16)14-10-18-5-7-19(14)8-6-18/h1-4,13-14,17H,5-10,16H2. The van der Waals surface area contributed by atoms with Crippen molar-refractivity contribution in [3.05, 3.63) is 34.9 Å². The number of halogens is 1. The largest absolute Gasteiger partial charge is 0.299 e. The Balaban J connectivity index is 1.68. The molecule has 19 heavy (non-hydrogen) atoms. The van der Waals surface area contributed by atoms with E-state index in [1.807, 2.05) is 12.1 Å². The fourth-order valence-corrected chi connectivity index (χ4v) is 3.35. The van der Waals surface area contributed by atoms with E-state index >= 15 is 0 Å². The van der Waals surface area contributed by atoms with Crippen LogP contribution in [0.3, 0.4) is 0 Å². The maximum atomic E-state index is 5.93. The minimum atomic E-state index is 0.296. The molecule has 5 heteroatoms. The van der Waals surface area contributed by atoms with Crippen LogP contribution in [0.5, 0.6) is 0 Å². The van der Waals surface area contributed by atoms with Crippen LogP contribution in [-0.2, 0) is 6.42 Å². The highest BCUT2D eigenvalue weighted by atomic mass is 35.5. The highest BCUT2D eigenvalue weighted by Gasteiger charge is 2.36.